The molecule has 0 aromatic heterocycles. The lowest BCUT2D eigenvalue weighted by atomic mass is 9.99. The van der Waals surface area contributed by atoms with Crippen LogP contribution in [0.2, 0.25) is 19.6 Å². The Balaban J connectivity index is 2.06. The molecule has 0 radical (unpaired) electrons. The maximum atomic E-state index is 12.5. The molecule has 0 spiro atoms. The first-order chi connectivity index (χ1) is 9.74. The molecule has 1 aromatic rings. The lowest BCUT2D eigenvalue weighted by Crippen LogP contribution is -2.48. The van der Waals surface area contributed by atoms with Gasteiger partial charge in [0.15, 0.2) is 5.69 Å². The van der Waals surface area contributed by atoms with Crippen molar-refractivity contribution < 1.29 is 4.79 Å². The summed E-state index contributed by atoms with van der Waals surface area (Å²) < 4.78 is 0. The van der Waals surface area contributed by atoms with E-state index in [9.17, 15) is 4.79 Å². The van der Waals surface area contributed by atoms with E-state index >= 15 is 0 Å². The van der Waals surface area contributed by atoms with Crippen LogP contribution in [-0.4, -0.2) is 24.9 Å². The molecule has 0 bridgehead atoms. The number of hydrogen-bond acceptors (Lipinski definition) is 3. The fourth-order valence-corrected chi connectivity index (χ4v) is 3.33. The van der Waals surface area contributed by atoms with Crippen molar-refractivity contribution >= 4 is 30.7 Å². The number of carbonyl (C=O) groups excluding carboxylic acids is 1. The molecule has 1 aromatic carbocycles. The predicted octanol–water partition coefficient (Wildman–Crippen LogP) is 3.16. The number of carbonyl (C=O) groups is 1. The first kappa shape index (κ1) is 15.3. The maximum Gasteiger partial charge on any atom is 0.251 e. The zero-order valence-electron chi connectivity index (χ0n) is 12.8. The zero-order valence-corrected chi connectivity index (χ0v) is 13.8. The number of hydrogen-bond donors (Lipinski definition) is 2. The molecule has 1 atom stereocenters. The molecule has 0 saturated carbocycles. The second-order valence-corrected chi connectivity index (χ2v) is 11.6. The summed E-state index contributed by atoms with van der Waals surface area (Å²) in [6, 6.07) is 6.86. The molecule has 0 saturated heterocycles. The number of hydrazone groups is 1. The highest BCUT2D eigenvalue weighted by Crippen LogP contribution is 2.24. The Bertz CT molecular complexity index is 625. The first-order valence-electron chi connectivity index (χ1n) is 6.88. The fraction of sp³-hybridized carbons (Fsp3) is 0.400. The van der Waals surface area contributed by atoms with Gasteiger partial charge in [-0.15, -0.1) is 0 Å². The topological polar surface area (TPSA) is 57.9 Å². The summed E-state index contributed by atoms with van der Waals surface area (Å²) in [4.78, 5) is 15.8. The van der Waals surface area contributed by atoms with Gasteiger partial charge in [0.05, 0.1) is 14.6 Å². The Morgan fingerprint density at radius 1 is 1.38 bits per heavy atom. The van der Waals surface area contributed by atoms with Crippen LogP contribution in [0.1, 0.15) is 13.3 Å². The second kappa shape index (κ2) is 5.33. The molecule has 0 fully saturated rings. The van der Waals surface area contributed by atoms with Gasteiger partial charge in [-0.3, -0.25) is 10.2 Å². The maximum absolute atomic E-state index is 12.5. The van der Waals surface area contributed by atoms with Crippen LogP contribution < -0.4 is 10.7 Å². The van der Waals surface area contributed by atoms with E-state index in [1.807, 2.05) is 6.92 Å². The molecular formula is C15H20N4OSi. The Morgan fingerprint density at radius 3 is 2.48 bits per heavy atom. The van der Waals surface area contributed by atoms with Crippen LogP contribution in [0, 0.1) is 6.57 Å². The minimum absolute atomic E-state index is 0.102. The van der Waals surface area contributed by atoms with Crippen molar-refractivity contribution in [1.82, 2.24) is 5.43 Å². The molecule has 2 N–H and O–H groups in total. The summed E-state index contributed by atoms with van der Waals surface area (Å²) in [5, 5.41) is 8.39. The van der Waals surface area contributed by atoms with E-state index in [-0.39, 0.29) is 5.91 Å². The van der Waals surface area contributed by atoms with Gasteiger partial charge in [-0.25, -0.2) is 4.85 Å². The highest BCUT2D eigenvalue weighted by atomic mass is 28.3. The van der Waals surface area contributed by atoms with Crippen LogP contribution in [0.5, 0.6) is 0 Å². The first-order valence-corrected chi connectivity index (χ1v) is 10.4. The Hall–Kier alpha value is -2.13. The van der Waals surface area contributed by atoms with Crippen LogP contribution in [0.25, 0.3) is 4.85 Å². The van der Waals surface area contributed by atoms with E-state index < -0.39 is 13.6 Å². The van der Waals surface area contributed by atoms with Gasteiger partial charge < -0.3 is 5.32 Å². The molecule has 6 heteroatoms. The second-order valence-electron chi connectivity index (χ2n) is 6.54. The highest BCUT2D eigenvalue weighted by molar-refractivity contribution is 7.04. The van der Waals surface area contributed by atoms with E-state index in [1.165, 1.54) is 0 Å². The quantitative estimate of drug-likeness (QED) is 0.665. The van der Waals surface area contributed by atoms with E-state index in [0.29, 0.717) is 17.8 Å². The SMILES string of the molecule is [C-]#[N+]c1ccc(NC(=O)C2(C)CC([Si](C)(C)C)=NN2)cc1. The molecule has 1 aliphatic heterocycles. The lowest BCUT2D eigenvalue weighted by molar-refractivity contribution is -0.121. The largest absolute Gasteiger partial charge is 0.324 e. The Labute approximate surface area is 126 Å². The monoisotopic (exact) mass is 300 g/mol. The normalized spacial score (nSPS) is 21.2. The van der Waals surface area contributed by atoms with Crippen molar-refractivity contribution in [2.24, 2.45) is 5.10 Å². The third-order valence-corrected chi connectivity index (χ3v) is 5.60. The predicted molar refractivity (Wildman–Crippen MR) is 88.3 cm³/mol. The number of rotatable bonds is 3. The van der Waals surface area contributed by atoms with Crippen LogP contribution in [-0.2, 0) is 4.79 Å². The van der Waals surface area contributed by atoms with Crippen molar-refractivity contribution in [3.63, 3.8) is 0 Å². The van der Waals surface area contributed by atoms with Crippen molar-refractivity contribution in [3.05, 3.63) is 35.7 Å². The molecule has 1 aliphatic rings. The van der Waals surface area contributed by atoms with Crippen LogP contribution in [0.15, 0.2) is 29.4 Å². The van der Waals surface area contributed by atoms with Crippen LogP contribution >= 0.6 is 0 Å². The molecule has 2 rings (SSSR count). The van der Waals surface area contributed by atoms with Crippen molar-refractivity contribution in [3.8, 4) is 0 Å². The van der Waals surface area contributed by atoms with Crippen molar-refractivity contribution in [2.45, 2.75) is 38.5 Å². The molecule has 0 aliphatic carbocycles. The zero-order chi connectivity index (χ0) is 15.7. The van der Waals surface area contributed by atoms with Gasteiger partial charge in [-0.2, -0.15) is 5.10 Å². The molecule has 110 valence electrons. The van der Waals surface area contributed by atoms with Crippen LogP contribution in [0.4, 0.5) is 11.4 Å². The lowest BCUT2D eigenvalue weighted by Gasteiger charge is -2.24. The number of anilines is 1. The number of amides is 1. The van der Waals surface area contributed by atoms with Crippen molar-refractivity contribution in [1.29, 1.82) is 0 Å². The number of nitrogens with zero attached hydrogens (tertiary/aromatic N) is 2. The standard InChI is InChI=1S/C15H20N4OSi/c1-15(10-13(18-19-15)21(3,4)5)14(20)17-12-8-6-11(16-2)7-9-12/h6-9,19H,10H2,1,3-5H3,(H,17,20). The summed E-state index contributed by atoms with van der Waals surface area (Å²) in [5.74, 6) is -0.102. The van der Waals surface area contributed by atoms with Gasteiger partial charge in [-0.05, 0) is 19.1 Å². The highest BCUT2D eigenvalue weighted by Gasteiger charge is 2.42. The third-order valence-electron chi connectivity index (χ3n) is 3.58. The Morgan fingerprint density at radius 2 is 2.00 bits per heavy atom. The molecule has 1 heterocycles. The summed E-state index contributed by atoms with van der Waals surface area (Å²) in [6.45, 7) is 15.5. The van der Waals surface area contributed by atoms with Gasteiger partial charge >= 0.3 is 0 Å². The average Bonchev–Trinajstić information content (AvgIpc) is 2.84. The summed E-state index contributed by atoms with van der Waals surface area (Å²) >= 11 is 0. The molecule has 1 amide bonds. The van der Waals surface area contributed by atoms with E-state index in [4.69, 9.17) is 6.57 Å². The minimum atomic E-state index is -1.49. The number of nitrogens with one attached hydrogen (secondary N) is 2. The van der Waals surface area contributed by atoms with Crippen LogP contribution in [0.3, 0.4) is 0 Å². The Kier molecular flexibility index (Phi) is 3.88. The molecular weight excluding hydrogens is 280 g/mol. The van der Waals surface area contributed by atoms with Gasteiger partial charge in [0.2, 0.25) is 0 Å². The van der Waals surface area contributed by atoms with Gasteiger partial charge in [-0.1, -0.05) is 31.8 Å². The summed E-state index contributed by atoms with van der Waals surface area (Å²) in [7, 11) is -1.49. The van der Waals surface area contributed by atoms with Gasteiger partial charge in [0.1, 0.15) is 5.54 Å². The van der Waals surface area contributed by atoms with Gasteiger partial charge in [0.25, 0.3) is 5.91 Å². The number of benzene rings is 1. The summed E-state index contributed by atoms with van der Waals surface area (Å²) in [5.41, 5.74) is 3.54. The average molecular weight is 300 g/mol. The van der Waals surface area contributed by atoms with E-state index in [0.717, 1.165) is 5.33 Å². The van der Waals surface area contributed by atoms with E-state index in [2.05, 4.69) is 40.3 Å². The molecule has 5 nitrogen and oxygen atoms in total. The van der Waals surface area contributed by atoms with E-state index in [1.54, 1.807) is 24.3 Å². The van der Waals surface area contributed by atoms with Crippen molar-refractivity contribution in [2.75, 3.05) is 5.32 Å². The van der Waals surface area contributed by atoms with Gasteiger partial charge in [0, 0.05) is 17.4 Å². The minimum Gasteiger partial charge on any atom is -0.324 e. The summed E-state index contributed by atoms with van der Waals surface area (Å²) in [6.07, 6.45) is 0.648. The third kappa shape index (κ3) is 3.31. The smallest absolute Gasteiger partial charge is 0.251 e. The molecule has 21 heavy (non-hydrogen) atoms. The fourth-order valence-electron chi connectivity index (χ4n) is 2.06. The molecule has 1 unspecified atom stereocenters.